The number of ether oxygens (including phenoxy) is 2. The molecule has 3 nitrogen and oxygen atoms in total. The molecule has 0 unspecified atom stereocenters. The highest BCUT2D eigenvalue weighted by atomic mass is 79.9. The number of hydrogen-bond donors (Lipinski definition) is 1. The van der Waals surface area contributed by atoms with Crippen LogP contribution in [0, 0.1) is 5.41 Å². The third-order valence-electron chi connectivity index (χ3n) is 2.04. The number of nitrogens with one attached hydrogen (secondary N) is 1. The summed E-state index contributed by atoms with van der Waals surface area (Å²) in [6.07, 6.45) is 0. The first-order chi connectivity index (χ1) is 6.49. The first kappa shape index (κ1) is 10.4. The highest BCUT2D eigenvalue weighted by Crippen LogP contribution is 2.44. The Balaban J connectivity index is 2.35. The van der Waals surface area contributed by atoms with Crippen molar-refractivity contribution in [2.24, 2.45) is 5.41 Å². The Kier molecular flexibility index (Phi) is 2.55. The lowest BCUT2D eigenvalue weighted by Gasteiger charge is -2.20. The van der Waals surface area contributed by atoms with Crippen LogP contribution in [0.3, 0.4) is 0 Å². The average molecular weight is 325 g/mol. The SMILES string of the molecule is CC1(C)COc2c(Br)[nH]c(Br)c2OC1. The van der Waals surface area contributed by atoms with Gasteiger partial charge in [0.05, 0.1) is 13.2 Å². The lowest BCUT2D eigenvalue weighted by Crippen LogP contribution is -2.26. The van der Waals surface area contributed by atoms with E-state index in [0.717, 1.165) is 20.7 Å². The maximum absolute atomic E-state index is 5.68. The van der Waals surface area contributed by atoms with Gasteiger partial charge in [0.15, 0.2) is 11.5 Å². The highest BCUT2D eigenvalue weighted by Gasteiger charge is 2.29. The van der Waals surface area contributed by atoms with Crippen molar-refractivity contribution < 1.29 is 9.47 Å². The fourth-order valence-electron chi connectivity index (χ4n) is 1.24. The second-order valence-corrected chi connectivity index (χ2v) is 5.74. The molecule has 1 N–H and O–H groups in total. The van der Waals surface area contributed by atoms with Crippen LogP contribution in [0.1, 0.15) is 13.8 Å². The maximum Gasteiger partial charge on any atom is 0.194 e. The lowest BCUT2D eigenvalue weighted by atomic mass is 9.97. The minimum absolute atomic E-state index is 0.0465. The second kappa shape index (κ2) is 3.45. The second-order valence-electron chi connectivity index (χ2n) is 4.15. The Bertz CT molecular complexity index is 329. The van der Waals surface area contributed by atoms with Gasteiger partial charge >= 0.3 is 0 Å². The van der Waals surface area contributed by atoms with E-state index >= 15 is 0 Å². The molecular formula is C9H11Br2NO2. The van der Waals surface area contributed by atoms with Gasteiger partial charge < -0.3 is 14.5 Å². The zero-order chi connectivity index (χ0) is 10.3. The van der Waals surface area contributed by atoms with Crippen molar-refractivity contribution in [3.63, 3.8) is 0 Å². The van der Waals surface area contributed by atoms with Gasteiger partial charge in [-0.25, -0.2) is 0 Å². The Labute approximate surface area is 99.4 Å². The molecule has 5 heteroatoms. The third kappa shape index (κ3) is 1.80. The van der Waals surface area contributed by atoms with E-state index < -0.39 is 0 Å². The molecule has 0 atom stereocenters. The zero-order valence-corrected chi connectivity index (χ0v) is 11.2. The van der Waals surface area contributed by atoms with Crippen molar-refractivity contribution in [3.8, 4) is 11.5 Å². The Morgan fingerprint density at radius 3 is 1.93 bits per heavy atom. The smallest absolute Gasteiger partial charge is 0.194 e. The number of fused-ring (bicyclic) bond motifs is 1. The molecule has 1 aliphatic heterocycles. The van der Waals surface area contributed by atoms with Crippen LogP contribution in [0.2, 0.25) is 0 Å². The van der Waals surface area contributed by atoms with E-state index in [0.29, 0.717) is 13.2 Å². The molecule has 14 heavy (non-hydrogen) atoms. The molecule has 0 fully saturated rings. The van der Waals surface area contributed by atoms with Crippen molar-refractivity contribution >= 4 is 31.9 Å². The molecule has 0 amide bonds. The molecule has 0 spiro atoms. The first-order valence-corrected chi connectivity index (χ1v) is 5.91. The minimum atomic E-state index is 0.0465. The minimum Gasteiger partial charge on any atom is -0.486 e. The molecule has 78 valence electrons. The summed E-state index contributed by atoms with van der Waals surface area (Å²) in [7, 11) is 0. The number of rotatable bonds is 0. The molecule has 0 saturated heterocycles. The molecular weight excluding hydrogens is 314 g/mol. The topological polar surface area (TPSA) is 34.2 Å². The third-order valence-corrected chi connectivity index (χ3v) is 3.16. The zero-order valence-electron chi connectivity index (χ0n) is 7.99. The summed E-state index contributed by atoms with van der Waals surface area (Å²) in [5.74, 6) is 1.50. The summed E-state index contributed by atoms with van der Waals surface area (Å²) in [5, 5.41) is 0. The Morgan fingerprint density at radius 1 is 1.07 bits per heavy atom. The van der Waals surface area contributed by atoms with Crippen LogP contribution in [0.4, 0.5) is 0 Å². The average Bonchev–Trinajstić information content (AvgIpc) is 2.26. The summed E-state index contributed by atoms with van der Waals surface area (Å²) in [6.45, 7) is 5.54. The summed E-state index contributed by atoms with van der Waals surface area (Å²) < 4.78 is 13.0. The quantitative estimate of drug-likeness (QED) is 0.794. The van der Waals surface area contributed by atoms with Gasteiger partial charge in [0.25, 0.3) is 0 Å². The van der Waals surface area contributed by atoms with E-state index in [1.165, 1.54) is 0 Å². The molecule has 0 saturated carbocycles. The van der Waals surface area contributed by atoms with Crippen molar-refractivity contribution in [2.45, 2.75) is 13.8 Å². The largest absolute Gasteiger partial charge is 0.486 e. The van der Waals surface area contributed by atoms with Crippen LogP contribution in [0.15, 0.2) is 9.21 Å². The summed E-state index contributed by atoms with van der Waals surface area (Å²) in [6, 6.07) is 0. The van der Waals surface area contributed by atoms with E-state index in [9.17, 15) is 0 Å². The summed E-state index contributed by atoms with van der Waals surface area (Å²) in [5.41, 5.74) is 0.0465. The number of halogens is 2. The molecule has 1 aromatic rings. The fourth-order valence-corrected chi connectivity index (χ4v) is 2.50. The molecule has 0 radical (unpaired) electrons. The number of aromatic nitrogens is 1. The van der Waals surface area contributed by atoms with Crippen LogP contribution in [-0.2, 0) is 0 Å². The standard InChI is InChI=1S/C9H11Br2NO2/c1-9(2)3-13-5-6(14-4-9)8(11)12-7(5)10/h12H,3-4H2,1-2H3. The molecule has 0 aliphatic carbocycles. The van der Waals surface area contributed by atoms with Crippen LogP contribution < -0.4 is 9.47 Å². The van der Waals surface area contributed by atoms with Crippen molar-refractivity contribution in [1.82, 2.24) is 4.98 Å². The Hall–Kier alpha value is -0.160. The maximum atomic E-state index is 5.68. The van der Waals surface area contributed by atoms with Gasteiger partial charge in [0.2, 0.25) is 0 Å². The summed E-state index contributed by atoms with van der Waals surface area (Å²) in [4.78, 5) is 3.06. The fraction of sp³-hybridized carbons (Fsp3) is 0.556. The van der Waals surface area contributed by atoms with Crippen LogP contribution >= 0.6 is 31.9 Å². The molecule has 2 heterocycles. The van der Waals surface area contributed by atoms with E-state index in [4.69, 9.17) is 9.47 Å². The predicted molar refractivity (Wildman–Crippen MR) is 61.0 cm³/mol. The molecule has 2 rings (SSSR count). The van der Waals surface area contributed by atoms with E-state index in [-0.39, 0.29) is 5.41 Å². The van der Waals surface area contributed by atoms with Crippen molar-refractivity contribution in [2.75, 3.05) is 13.2 Å². The van der Waals surface area contributed by atoms with Crippen LogP contribution in [-0.4, -0.2) is 18.2 Å². The van der Waals surface area contributed by atoms with Gasteiger partial charge in [-0.1, -0.05) is 13.8 Å². The van der Waals surface area contributed by atoms with E-state index in [2.05, 4.69) is 50.7 Å². The first-order valence-electron chi connectivity index (χ1n) is 4.32. The molecule has 1 aromatic heterocycles. The number of aromatic amines is 1. The van der Waals surface area contributed by atoms with Gasteiger partial charge in [0, 0.05) is 5.41 Å². The molecule has 0 bridgehead atoms. The van der Waals surface area contributed by atoms with Crippen LogP contribution in [0.5, 0.6) is 11.5 Å². The Morgan fingerprint density at radius 2 is 1.50 bits per heavy atom. The number of H-pyrrole nitrogens is 1. The van der Waals surface area contributed by atoms with E-state index in [1.807, 2.05) is 0 Å². The van der Waals surface area contributed by atoms with Crippen LogP contribution in [0.25, 0.3) is 0 Å². The number of hydrogen-bond acceptors (Lipinski definition) is 2. The van der Waals surface area contributed by atoms with Gasteiger partial charge in [-0.2, -0.15) is 0 Å². The van der Waals surface area contributed by atoms with Gasteiger partial charge in [-0.05, 0) is 31.9 Å². The molecule has 1 aliphatic rings. The predicted octanol–water partition coefficient (Wildman–Crippen LogP) is 3.34. The lowest BCUT2D eigenvalue weighted by molar-refractivity contribution is 0.138. The van der Waals surface area contributed by atoms with Gasteiger partial charge in [0.1, 0.15) is 9.21 Å². The van der Waals surface area contributed by atoms with Crippen molar-refractivity contribution in [3.05, 3.63) is 9.21 Å². The van der Waals surface area contributed by atoms with Gasteiger partial charge in [-0.15, -0.1) is 0 Å². The van der Waals surface area contributed by atoms with E-state index in [1.54, 1.807) is 0 Å². The summed E-state index contributed by atoms with van der Waals surface area (Å²) >= 11 is 6.77. The highest BCUT2D eigenvalue weighted by molar-refractivity contribution is 9.11. The van der Waals surface area contributed by atoms with Gasteiger partial charge in [-0.3, -0.25) is 0 Å². The normalized spacial score (nSPS) is 19.1. The molecule has 0 aromatic carbocycles. The van der Waals surface area contributed by atoms with Crippen molar-refractivity contribution in [1.29, 1.82) is 0 Å². The monoisotopic (exact) mass is 323 g/mol.